The van der Waals surface area contributed by atoms with Gasteiger partial charge in [0, 0.05) is 12.5 Å². The van der Waals surface area contributed by atoms with Gasteiger partial charge in [0.25, 0.3) is 0 Å². The molecule has 76 valence electrons. The van der Waals surface area contributed by atoms with Crippen molar-refractivity contribution in [3.63, 3.8) is 0 Å². The van der Waals surface area contributed by atoms with Crippen LogP contribution in [0.15, 0.2) is 0 Å². The minimum Gasteiger partial charge on any atom is -0.356 e. The molecule has 1 fully saturated rings. The van der Waals surface area contributed by atoms with Crippen molar-refractivity contribution in [2.45, 2.75) is 46.0 Å². The van der Waals surface area contributed by atoms with Crippen LogP contribution >= 0.6 is 0 Å². The van der Waals surface area contributed by atoms with Crippen molar-refractivity contribution in [3.05, 3.63) is 0 Å². The fourth-order valence-electron chi connectivity index (χ4n) is 2.31. The molecule has 0 radical (unpaired) electrons. The molecule has 0 bridgehead atoms. The SMILES string of the molecule is CCCC(CC)C1CCCNC1=O. The van der Waals surface area contributed by atoms with Crippen LogP contribution in [-0.2, 0) is 4.79 Å². The van der Waals surface area contributed by atoms with Crippen molar-refractivity contribution in [2.75, 3.05) is 6.54 Å². The molecule has 2 nitrogen and oxygen atoms in total. The molecular weight excluding hydrogens is 162 g/mol. The second-order valence-corrected chi connectivity index (χ2v) is 4.00. The van der Waals surface area contributed by atoms with Crippen LogP contribution in [0.1, 0.15) is 46.0 Å². The van der Waals surface area contributed by atoms with Crippen molar-refractivity contribution < 1.29 is 4.79 Å². The lowest BCUT2D eigenvalue weighted by Crippen LogP contribution is -2.40. The zero-order valence-electron chi connectivity index (χ0n) is 8.81. The Bertz CT molecular complexity index is 167. The highest BCUT2D eigenvalue weighted by Crippen LogP contribution is 2.27. The molecule has 1 saturated heterocycles. The summed E-state index contributed by atoms with van der Waals surface area (Å²) in [5, 5.41) is 2.97. The van der Waals surface area contributed by atoms with E-state index in [1.807, 2.05) is 0 Å². The van der Waals surface area contributed by atoms with Gasteiger partial charge in [-0.25, -0.2) is 0 Å². The molecule has 1 amide bonds. The van der Waals surface area contributed by atoms with Gasteiger partial charge in [0.15, 0.2) is 0 Å². The number of hydrogen-bond acceptors (Lipinski definition) is 1. The molecular formula is C11H21NO. The Hall–Kier alpha value is -0.530. The second-order valence-electron chi connectivity index (χ2n) is 4.00. The average Bonchev–Trinajstić information content (AvgIpc) is 2.16. The number of hydrogen-bond donors (Lipinski definition) is 1. The minimum atomic E-state index is 0.298. The Kier molecular flexibility index (Phi) is 4.26. The van der Waals surface area contributed by atoms with Crippen LogP contribution in [-0.4, -0.2) is 12.5 Å². The molecule has 2 heteroatoms. The van der Waals surface area contributed by atoms with E-state index in [1.165, 1.54) is 12.8 Å². The number of carbonyl (C=O) groups is 1. The van der Waals surface area contributed by atoms with Gasteiger partial charge in [-0.2, -0.15) is 0 Å². The van der Waals surface area contributed by atoms with Gasteiger partial charge in [-0.1, -0.05) is 26.7 Å². The largest absolute Gasteiger partial charge is 0.356 e. The highest BCUT2D eigenvalue weighted by molar-refractivity contribution is 5.79. The van der Waals surface area contributed by atoms with Crippen LogP contribution in [0.5, 0.6) is 0 Å². The Morgan fingerprint density at radius 2 is 2.31 bits per heavy atom. The van der Waals surface area contributed by atoms with E-state index in [2.05, 4.69) is 19.2 Å². The summed E-state index contributed by atoms with van der Waals surface area (Å²) in [5.74, 6) is 1.22. The van der Waals surface area contributed by atoms with Gasteiger partial charge in [-0.15, -0.1) is 0 Å². The fraction of sp³-hybridized carbons (Fsp3) is 0.909. The first-order valence-electron chi connectivity index (χ1n) is 5.57. The fourth-order valence-corrected chi connectivity index (χ4v) is 2.31. The summed E-state index contributed by atoms with van der Waals surface area (Å²) >= 11 is 0. The maximum atomic E-state index is 11.6. The lowest BCUT2D eigenvalue weighted by molar-refractivity contribution is -0.128. The normalized spacial score (nSPS) is 25.4. The highest BCUT2D eigenvalue weighted by Gasteiger charge is 2.28. The second kappa shape index (κ2) is 5.25. The maximum absolute atomic E-state index is 11.6. The van der Waals surface area contributed by atoms with E-state index in [4.69, 9.17) is 0 Å². The summed E-state index contributed by atoms with van der Waals surface area (Å²) in [5.41, 5.74) is 0. The molecule has 1 aliphatic rings. The number of carbonyl (C=O) groups excluding carboxylic acids is 1. The first-order valence-corrected chi connectivity index (χ1v) is 5.57. The summed E-state index contributed by atoms with van der Waals surface area (Å²) < 4.78 is 0. The Morgan fingerprint density at radius 1 is 1.54 bits per heavy atom. The van der Waals surface area contributed by atoms with Crippen molar-refractivity contribution >= 4 is 5.91 Å². The summed E-state index contributed by atoms with van der Waals surface area (Å²) in [7, 11) is 0. The van der Waals surface area contributed by atoms with E-state index in [0.29, 0.717) is 17.7 Å². The molecule has 1 N–H and O–H groups in total. The van der Waals surface area contributed by atoms with Crippen LogP contribution in [0.4, 0.5) is 0 Å². The van der Waals surface area contributed by atoms with Gasteiger partial charge < -0.3 is 5.32 Å². The number of amides is 1. The third-order valence-electron chi connectivity index (χ3n) is 3.08. The van der Waals surface area contributed by atoms with Gasteiger partial charge in [0.1, 0.15) is 0 Å². The van der Waals surface area contributed by atoms with Crippen LogP contribution in [0.3, 0.4) is 0 Å². The molecule has 0 aromatic rings. The Labute approximate surface area is 81.1 Å². The maximum Gasteiger partial charge on any atom is 0.223 e. The third-order valence-corrected chi connectivity index (χ3v) is 3.08. The van der Waals surface area contributed by atoms with Crippen LogP contribution < -0.4 is 5.32 Å². The average molecular weight is 183 g/mol. The molecule has 0 aromatic heterocycles. The molecule has 1 rings (SSSR count). The third kappa shape index (κ3) is 2.71. The Balaban J connectivity index is 2.49. The summed E-state index contributed by atoms with van der Waals surface area (Å²) in [6, 6.07) is 0. The number of nitrogens with one attached hydrogen (secondary N) is 1. The van der Waals surface area contributed by atoms with Crippen molar-refractivity contribution in [3.8, 4) is 0 Å². The molecule has 0 aliphatic carbocycles. The number of rotatable bonds is 4. The lowest BCUT2D eigenvalue weighted by atomic mass is 9.81. The molecule has 1 aliphatic heterocycles. The van der Waals surface area contributed by atoms with Crippen molar-refractivity contribution in [2.24, 2.45) is 11.8 Å². The quantitative estimate of drug-likeness (QED) is 0.712. The van der Waals surface area contributed by atoms with Gasteiger partial charge in [0.2, 0.25) is 5.91 Å². The zero-order chi connectivity index (χ0) is 9.68. The summed E-state index contributed by atoms with van der Waals surface area (Å²) in [6.07, 6.45) is 5.81. The van der Waals surface area contributed by atoms with Crippen LogP contribution in [0, 0.1) is 11.8 Å². The van der Waals surface area contributed by atoms with E-state index in [1.54, 1.807) is 0 Å². The lowest BCUT2D eigenvalue weighted by Gasteiger charge is -2.28. The predicted molar refractivity (Wildman–Crippen MR) is 54.4 cm³/mol. The predicted octanol–water partition coefficient (Wildman–Crippen LogP) is 2.34. The van der Waals surface area contributed by atoms with Gasteiger partial charge in [-0.3, -0.25) is 4.79 Å². The van der Waals surface area contributed by atoms with Gasteiger partial charge in [0.05, 0.1) is 0 Å². The van der Waals surface area contributed by atoms with Gasteiger partial charge >= 0.3 is 0 Å². The summed E-state index contributed by atoms with van der Waals surface area (Å²) in [6.45, 7) is 5.28. The smallest absolute Gasteiger partial charge is 0.223 e. The van der Waals surface area contributed by atoms with E-state index >= 15 is 0 Å². The molecule has 2 unspecified atom stereocenters. The molecule has 1 heterocycles. The molecule has 13 heavy (non-hydrogen) atoms. The topological polar surface area (TPSA) is 29.1 Å². The number of piperidine rings is 1. The monoisotopic (exact) mass is 183 g/mol. The van der Waals surface area contributed by atoms with Gasteiger partial charge in [-0.05, 0) is 25.2 Å². The van der Waals surface area contributed by atoms with E-state index < -0.39 is 0 Å². The first kappa shape index (κ1) is 10.6. The van der Waals surface area contributed by atoms with Crippen molar-refractivity contribution in [1.29, 1.82) is 0 Å². The molecule has 0 aromatic carbocycles. The van der Waals surface area contributed by atoms with E-state index in [-0.39, 0.29) is 0 Å². The molecule has 2 atom stereocenters. The van der Waals surface area contributed by atoms with E-state index in [9.17, 15) is 4.79 Å². The Morgan fingerprint density at radius 3 is 2.85 bits per heavy atom. The van der Waals surface area contributed by atoms with Crippen LogP contribution in [0.25, 0.3) is 0 Å². The van der Waals surface area contributed by atoms with Crippen molar-refractivity contribution in [1.82, 2.24) is 5.32 Å². The molecule has 0 saturated carbocycles. The van der Waals surface area contributed by atoms with E-state index in [0.717, 1.165) is 25.8 Å². The zero-order valence-corrected chi connectivity index (χ0v) is 8.81. The van der Waals surface area contributed by atoms with Crippen LogP contribution in [0.2, 0.25) is 0 Å². The standard InChI is InChI=1S/C11H21NO/c1-3-6-9(4-2)10-7-5-8-12-11(10)13/h9-10H,3-8H2,1-2H3,(H,12,13). The first-order chi connectivity index (χ1) is 6.29. The highest BCUT2D eigenvalue weighted by atomic mass is 16.1. The minimum absolute atomic E-state index is 0.298. The summed E-state index contributed by atoms with van der Waals surface area (Å²) in [4.78, 5) is 11.6. The molecule has 0 spiro atoms.